The van der Waals surface area contributed by atoms with Crippen LogP contribution < -0.4 is 10.1 Å². The van der Waals surface area contributed by atoms with Crippen LogP contribution >= 0.6 is 0 Å². The van der Waals surface area contributed by atoms with Crippen LogP contribution in [0.25, 0.3) is 0 Å². The lowest BCUT2D eigenvalue weighted by Crippen LogP contribution is -2.34. The summed E-state index contributed by atoms with van der Waals surface area (Å²) in [4.78, 5) is 12.0. The molecule has 0 unspecified atom stereocenters. The molecule has 0 radical (unpaired) electrons. The highest BCUT2D eigenvalue weighted by molar-refractivity contribution is 5.90. The highest BCUT2D eigenvalue weighted by atomic mass is 16.5. The maximum atomic E-state index is 12.0. The van der Waals surface area contributed by atoms with Gasteiger partial charge in [-0.05, 0) is 55.5 Å². The molecule has 0 saturated heterocycles. The summed E-state index contributed by atoms with van der Waals surface area (Å²) in [6.45, 7) is 0. The number of carbonyl (C=O) groups excluding carboxylic acids is 1. The molecule has 1 aliphatic carbocycles. The molecule has 2 atom stereocenters. The SMILES string of the molecule is Cn1cc(CCC(=O)Nc2ccc(O[C@H]3CCCC[C@@H]3O)cc2)cn1. The molecule has 1 aromatic carbocycles. The van der Waals surface area contributed by atoms with Gasteiger partial charge >= 0.3 is 0 Å². The molecule has 1 fully saturated rings. The molecule has 0 bridgehead atoms. The molecule has 0 aliphatic heterocycles. The number of amides is 1. The quantitative estimate of drug-likeness (QED) is 0.845. The fourth-order valence-electron chi connectivity index (χ4n) is 3.09. The number of carbonyl (C=O) groups is 1. The Labute approximate surface area is 147 Å². The standard InChI is InChI=1S/C19H25N3O3/c1-22-13-14(12-20-22)6-11-19(24)21-15-7-9-16(10-8-15)25-18-5-3-2-4-17(18)23/h7-10,12-13,17-18,23H,2-6,11H2,1H3,(H,21,24)/t17-,18-/m0/s1. The number of hydrogen-bond acceptors (Lipinski definition) is 4. The van der Waals surface area contributed by atoms with Crippen LogP contribution in [-0.2, 0) is 18.3 Å². The molecular weight excluding hydrogens is 318 g/mol. The van der Waals surface area contributed by atoms with Crippen molar-refractivity contribution in [3.05, 3.63) is 42.2 Å². The van der Waals surface area contributed by atoms with Gasteiger partial charge in [-0.1, -0.05) is 6.42 Å². The van der Waals surface area contributed by atoms with Gasteiger partial charge in [0.15, 0.2) is 0 Å². The van der Waals surface area contributed by atoms with Crippen molar-refractivity contribution in [2.45, 2.75) is 50.7 Å². The number of aryl methyl sites for hydroxylation is 2. The first-order valence-electron chi connectivity index (χ1n) is 8.82. The first-order chi connectivity index (χ1) is 12.1. The van der Waals surface area contributed by atoms with Gasteiger partial charge in [-0.25, -0.2) is 0 Å². The minimum absolute atomic E-state index is 0.0276. The summed E-state index contributed by atoms with van der Waals surface area (Å²) in [6, 6.07) is 7.31. The summed E-state index contributed by atoms with van der Waals surface area (Å²) in [6.07, 6.45) is 8.09. The lowest BCUT2D eigenvalue weighted by Gasteiger charge is -2.28. The van der Waals surface area contributed by atoms with Crippen molar-refractivity contribution in [2.24, 2.45) is 7.05 Å². The Morgan fingerprint density at radius 3 is 2.76 bits per heavy atom. The number of aliphatic hydroxyl groups is 1. The molecule has 6 nitrogen and oxygen atoms in total. The van der Waals surface area contributed by atoms with Crippen molar-refractivity contribution in [1.29, 1.82) is 0 Å². The zero-order valence-corrected chi connectivity index (χ0v) is 14.5. The molecule has 1 aliphatic rings. The van der Waals surface area contributed by atoms with Gasteiger partial charge in [0.2, 0.25) is 5.91 Å². The fraction of sp³-hybridized carbons (Fsp3) is 0.474. The van der Waals surface area contributed by atoms with Gasteiger partial charge in [-0.2, -0.15) is 5.10 Å². The molecule has 6 heteroatoms. The number of nitrogens with zero attached hydrogens (tertiary/aromatic N) is 2. The van der Waals surface area contributed by atoms with Gasteiger partial charge in [0.25, 0.3) is 0 Å². The Bertz CT molecular complexity index is 696. The second-order valence-electron chi connectivity index (χ2n) is 6.60. The summed E-state index contributed by atoms with van der Waals surface area (Å²) < 4.78 is 7.59. The minimum Gasteiger partial charge on any atom is -0.488 e. The Hall–Kier alpha value is -2.34. The first-order valence-corrected chi connectivity index (χ1v) is 8.82. The van der Waals surface area contributed by atoms with Crippen molar-refractivity contribution >= 4 is 11.6 Å². The Morgan fingerprint density at radius 2 is 2.08 bits per heavy atom. The van der Waals surface area contributed by atoms with Crippen LogP contribution in [0.4, 0.5) is 5.69 Å². The molecule has 1 amide bonds. The third-order valence-electron chi connectivity index (χ3n) is 4.49. The predicted octanol–water partition coefficient (Wildman–Crippen LogP) is 2.67. The lowest BCUT2D eigenvalue weighted by molar-refractivity contribution is -0.116. The van der Waals surface area contributed by atoms with Crippen LogP contribution in [0.5, 0.6) is 5.75 Å². The minimum atomic E-state index is -0.388. The van der Waals surface area contributed by atoms with Crippen molar-refractivity contribution in [3.8, 4) is 5.75 Å². The molecule has 1 saturated carbocycles. The van der Waals surface area contributed by atoms with E-state index in [0.717, 1.165) is 42.7 Å². The summed E-state index contributed by atoms with van der Waals surface area (Å²) in [5.41, 5.74) is 1.79. The maximum absolute atomic E-state index is 12.0. The Kier molecular flexibility index (Phi) is 5.71. The molecular formula is C19H25N3O3. The third-order valence-corrected chi connectivity index (χ3v) is 4.49. The maximum Gasteiger partial charge on any atom is 0.224 e. The van der Waals surface area contributed by atoms with E-state index >= 15 is 0 Å². The zero-order chi connectivity index (χ0) is 17.6. The molecule has 1 aromatic heterocycles. The van der Waals surface area contributed by atoms with Gasteiger partial charge in [-0.15, -0.1) is 0 Å². The highest BCUT2D eigenvalue weighted by Crippen LogP contribution is 2.25. The predicted molar refractivity (Wildman–Crippen MR) is 95.5 cm³/mol. The van der Waals surface area contributed by atoms with Gasteiger partial charge in [0, 0.05) is 25.4 Å². The van der Waals surface area contributed by atoms with Crippen molar-refractivity contribution in [2.75, 3.05) is 5.32 Å². The van der Waals surface area contributed by atoms with E-state index in [9.17, 15) is 9.90 Å². The summed E-state index contributed by atoms with van der Waals surface area (Å²) >= 11 is 0. The average molecular weight is 343 g/mol. The molecule has 1 heterocycles. The zero-order valence-electron chi connectivity index (χ0n) is 14.5. The monoisotopic (exact) mass is 343 g/mol. The second-order valence-corrected chi connectivity index (χ2v) is 6.60. The van der Waals surface area contributed by atoms with Crippen LogP contribution in [0.1, 0.15) is 37.7 Å². The number of rotatable bonds is 6. The molecule has 134 valence electrons. The summed E-state index contributed by atoms with van der Waals surface area (Å²) in [7, 11) is 1.86. The van der Waals surface area contributed by atoms with Crippen molar-refractivity contribution in [1.82, 2.24) is 9.78 Å². The van der Waals surface area contributed by atoms with E-state index in [-0.39, 0.29) is 18.1 Å². The smallest absolute Gasteiger partial charge is 0.224 e. The van der Waals surface area contributed by atoms with Gasteiger partial charge in [0.1, 0.15) is 11.9 Å². The third kappa shape index (κ3) is 5.06. The van der Waals surface area contributed by atoms with E-state index in [4.69, 9.17) is 4.74 Å². The topological polar surface area (TPSA) is 76.4 Å². The number of nitrogens with one attached hydrogen (secondary N) is 1. The Morgan fingerprint density at radius 1 is 1.32 bits per heavy atom. The van der Waals surface area contributed by atoms with E-state index in [1.54, 1.807) is 10.9 Å². The van der Waals surface area contributed by atoms with Gasteiger partial charge in [0.05, 0.1) is 12.3 Å². The van der Waals surface area contributed by atoms with E-state index in [0.29, 0.717) is 12.8 Å². The van der Waals surface area contributed by atoms with E-state index in [1.807, 2.05) is 37.5 Å². The number of aromatic nitrogens is 2. The molecule has 25 heavy (non-hydrogen) atoms. The van der Waals surface area contributed by atoms with Crippen LogP contribution in [0.2, 0.25) is 0 Å². The summed E-state index contributed by atoms with van der Waals surface area (Å²) in [5.74, 6) is 0.694. The summed E-state index contributed by atoms with van der Waals surface area (Å²) in [5, 5.41) is 17.0. The van der Waals surface area contributed by atoms with Crippen LogP contribution in [0, 0.1) is 0 Å². The number of ether oxygens (including phenoxy) is 1. The van der Waals surface area contributed by atoms with Crippen LogP contribution in [0.15, 0.2) is 36.7 Å². The average Bonchev–Trinajstić information content (AvgIpc) is 3.02. The van der Waals surface area contributed by atoms with Gasteiger partial charge < -0.3 is 15.2 Å². The molecule has 0 spiro atoms. The van der Waals surface area contributed by atoms with Crippen LogP contribution in [-0.4, -0.2) is 33.0 Å². The first kappa shape index (κ1) is 17.5. The number of benzene rings is 1. The van der Waals surface area contributed by atoms with Crippen molar-refractivity contribution < 1.29 is 14.6 Å². The fourth-order valence-corrected chi connectivity index (χ4v) is 3.09. The largest absolute Gasteiger partial charge is 0.488 e. The highest BCUT2D eigenvalue weighted by Gasteiger charge is 2.24. The lowest BCUT2D eigenvalue weighted by atomic mass is 9.95. The van der Waals surface area contributed by atoms with E-state index in [2.05, 4.69) is 10.4 Å². The van der Waals surface area contributed by atoms with E-state index < -0.39 is 0 Å². The molecule has 2 N–H and O–H groups in total. The normalized spacial score (nSPS) is 20.2. The van der Waals surface area contributed by atoms with Crippen LogP contribution in [0.3, 0.4) is 0 Å². The number of aliphatic hydroxyl groups excluding tert-OH is 1. The number of hydrogen-bond donors (Lipinski definition) is 2. The Balaban J connectivity index is 1.47. The second kappa shape index (κ2) is 8.16. The number of anilines is 1. The molecule has 2 aromatic rings. The molecule has 3 rings (SSSR count). The van der Waals surface area contributed by atoms with Crippen molar-refractivity contribution in [3.63, 3.8) is 0 Å². The van der Waals surface area contributed by atoms with E-state index in [1.165, 1.54) is 0 Å². The van der Waals surface area contributed by atoms with Gasteiger partial charge in [-0.3, -0.25) is 9.48 Å².